The molecule has 2 unspecified atom stereocenters. The van der Waals surface area contributed by atoms with Gasteiger partial charge < -0.3 is 5.11 Å². The lowest BCUT2D eigenvalue weighted by molar-refractivity contribution is -0.136. The van der Waals surface area contributed by atoms with Crippen LogP contribution in [0, 0.1) is 11.3 Å². The van der Waals surface area contributed by atoms with Crippen LogP contribution < -0.4 is 0 Å². The second-order valence-electron chi connectivity index (χ2n) is 7.05. The molecular formula is C21H26O2S. The molecule has 0 radical (unpaired) electrons. The summed E-state index contributed by atoms with van der Waals surface area (Å²) in [6, 6.07) is 8.08. The van der Waals surface area contributed by atoms with Crippen LogP contribution in [0.15, 0.2) is 47.9 Å². The van der Waals surface area contributed by atoms with E-state index in [-0.39, 0.29) is 6.42 Å². The Morgan fingerprint density at radius 1 is 1.25 bits per heavy atom. The van der Waals surface area contributed by atoms with Gasteiger partial charge in [0.05, 0.1) is 6.42 Å². The minimum atomic E-state index is -0.768. The van der Waals surface area contributed by atoms with Crippen LogP contribution in [0.4, 0.5) is 0 Å². The van der Waals surface area contributed by atoms with E-state index in [1.165, 1.54) is 43.4 Å². The monoisotopic (exact) mass is 342 g/mol. The lowest BCUT2D eigenvalue weighted by Gasteiger charge is -2.36. The standard InChI is InChI=1S/C21H26O2S/c22-20(23)15-18-10-8-17(9-11-18)5-4-12-21(13-14-24-16-21)19-6-2-1-3-7-19/h2,6,8-11,13-14,19H,1,3-5,7,12,15-16H2,(H,22,23). The zero-order valence-corrected chi connectivity index (χ0v) is 14.9. The van der Waals surface area contributed by atoms with E-state index in [0.717, 1.165) is 12.0 Å². The van der Waals surface area contributed by atoms with E-state index >= 15 is 0 Å². The Kier molecular flexibility index (Phi) is 5.83. The molecule has 0 saturated carbocycles. The number of benzene rings is 1. The molecule has 1 aliphatic heterocycles. The average Bonchev–Trinajstić information content (AvgIpc) is 3.07. The summed E-state index contributed by atoms with van der Waals surface area (Å²) < 4.78 is 0. The van der Waals surface area contributed by atoms with Crippen molar-refractivity contribution in [3.05, 3.63) is 59.0 Å². The second kappa shape index (κ2) is 8.06. The number of carbonyl (C=O) groups is 1. The highest BCUT2D eigenvalue weighted by Gasteiger charge is 2.37. The lowest BCUT2D eigenvalue weighted by Crippen LogP contribution is -2.29. The number of carboxylic acids is 1. The molecule has 24 heavy (non-hydrogen) atoms. The molecule has 3 rings (SSSR count). The summed E-state index contributed by atoms with van der Waals surface area (Å²) in [5, 5.41) is 11.1. The minimum absolute atomic E-state index is 0.111. The third kappa shape index (κ3) is 4.32. The van der Waals surface area contributed by atoms with Gasteiger partial charge in [0.2, 0.25) is 0 Å². The lowest BCUT2D eigenvalue weighted by atomic mass is 9.70. The van der Waals surface area contributed by atoms with E-state index in [1.807, 2.05) is 23.9 Å². The SMILES string of the molecule is O=C(O)Cc1ccc(CCCC2(C3C=CCCC3)C=CSC2)cc1. The van der Waals surface area contributed by atoms with Crippen molar-refractivity contribution in [2.45, 2.75) is 44.9 Å². The molecule has 0 amide bonds. The Morgan fingerprint density at radius 2 is 2.04 bits per heavy atom. The Morgan fingerprint density at radius 3 is 2.67 bits per heavy atom. The molecule has 0 aromatic heterocycles. The number of carboxylic acid groups (broad SMARTS) is 1. The highest BCUT2D eigenvalue weighted by molar-refractivity contribution is 8.02. The van der Waals surface area contributed by atoms with Crippen molar-refractivity contribution in [2.75, 3.05) is 5.75 Å². The molecule has 2 aliphatic rings. The number of aryl methyl sites for hydroxylation is 1. The quantitative estimate of drug-likeness (QED) is 0.689. The van der Waals surface area contributed by atoms with Crippen LogP contribution in [0.2, 0.25) is 0 Å². The van der Waals surface area contributed by atoms with Gasteiger partial charge in [0, 0.05) is 11.2 Å². The van der Waals surface area contributed by atoms with Crippen molar-refractivity contribution in [3.8, 4) is 0 Å². The van der Waals surface area contributed by atoms with Crippen molar-refractivity contribution in [3.63, 3.8) is 0 Å². The van der Waals surface area contributed by atoms with Gasteiger partial charge in [-0.15, -0.1) is 11.8 Å². The smallest absolute Gasteiger partial charge is 0.307 e. The molecule has 2 atom stereocenters. The first kappa shape index (κ1) is 17.3. The minimum Gasteiger partial charge on any atom is -0.481 e. The molecule has 128 valence electrons. The molecule has 0 bridgehead atoms. The van der Waals surface area contributed by atoms with Crippen LogP contribution in [0.25, 0.3) is 0 Å². The van der Waals surface area contributed by atoms with Gasteiger partial charge in [-0.1, -0.05) is 42.5 Å². The highest BCUT2D eigenvalue weighted by atomic mass is 32.2. The van der Waals surface area contributed by atoms with Gasteiger partial charge in [-0.25, -0.2) is 0 Å². The zero-order valence-electron chi connectivity index (χ0n) is 14.1. The fourth-order valence-corrected chi connectivity index (χ4v) is 5.15. The van der Waals surface area contributed by atoms with E-state index in [1.54, 1.807) is 0 Å². The molecule has 1 aromatic rings. The molecule has 3 heteroatoms. The van der Waals surface area contributed by atoms with Gasteiger partial charge in [-0.2, -0.15) is 0 Å². The van der Waals surface area contributed by atoms with Gasteiger partial charge in [-0.05, 0) is 61.0 Å². The molecule has 1 aliphatic carbocycles. The summed E-state index contributed by atoms with van der Waals surface area (Å²) in [5.74, 6) is 1.16. The molecular weight excluding hydrogens is 316 g/mol. The topological polar surface area (TPSA) is 37.3 Å². The van der Waals surface area contributed by atoms with Gasteiger partial charge in [0.25, 0.3) is 0 Å². The number of aliphatic carboxylic acids is 1. The summed E-state index contributed by atoms with van der Waals surface area (Å²) in [7, 11) is 0. The Bertz CT molecular complexity index is 617. The second-order valence-corrected chi connectivity index (χ2v) is 7.95. The molecule has 1 aromatic carbocycles. The van der Waals surface area contributed by atoms with E-state index in [4.69, 9.17) is 5.11 Å². The Labute approximate surface area is 149 Å². The molecule has 0 fully saturated rings. The van der Waals surface area contributed by atoms with Crippen LogP contribution in [0.5, 0.6) is 0 Å². The molecule has 2 nitrogen and oxygen atoms in total. The summed E-state index contributed by atoms with van der Waals surface area (Å²) in [6.07, 6.45) is 14.8. The third-order valence-corrected chi connectivity index (χ3v) is 6.36. The Hall–Kier alpha value is -1.48. The number of hydrogen-bond donors (Lipinski definition) is 1. The van der Waals surface area contributed by atoms with Crippen LogP contribution in [-0.4, -0.2) is 16.8 Å². The molecule has 1 heterocycles. The summed E-state index contributed by atoms with van der Waals surface area (Å²) in [6.45, 7) is 0. The zero-order chi connectivity index (χ0) is 16.8. The van der Waals surface area contributed by atoms with Crippen molar-refractivity contribution in [1.82, 2.24) is 0 Å². The normalized spacial score (nSPS) is 25.9. The number of rotatable bonds is 7. The third-order valence-electron chi connectivity index (χ3n) is 5.33. The van der Waals surface area contributed by atoms with Gasteiger partial charge in [0.15, 0.2) is 0 Å². The molecule has 0 spiro atoms. The first-order chi connectivity index (χ1) is 11.7. The van der Waals surface area contributed by atoms with Gasteiger partial charge in [0.1, 0.15) is 0 Å². The van der Waals surface area contributed by atoms with Crippen molar-refractivity contribution < 1.29 is 9.90 Å². The van der Waals surface area contributed by atoms with Crippen molar-refractivity contribution in [2.24, 2.45) is 11.3 Å². The maximum Gasteiger partial charge on any atom is 0.307 e. The van der Waals surface area contributed by atoms with Crippen molar-refractivity contribution in [1.29, 1.82) is 0 Å². The van der Waals surface area contributed by atoms with E-state index < -0.39 is 5.97 Å². The maximum atomic E-state index is 10.7. The summed E-state index contributed by atoms with van der Waals surface area (Å²) in [4.78, 5) is 10.7. The van der Waals surface area contributed by atoms with Gasteiger partial charge >= 0.3 is 5.97 Å². The fraction of sp³-hybridized carbons (Fsp3) is 0.476. The summed E-state index contributed by atoms with van der Waals surface area (Å²) in [5.41, 5.74) is 2.54. The molecule has 1 N–H and O–H groups in total. The number of thioether (sulfide) groups is 1. The van der Waals surface area contributed by atoms with Crippen LogP contribution in [0.1, 0.15) is 43.2 Å². The van der Waals surface area contributed by atoms with E-state index in [9.17, 15) is 4.79 Å². The van der Waals surface area contributed by atoms with Crippen LogP contribution in [-0.2, 0) is 17.6 Å². The van der Waals surface area contributed by atoms with E-state index in [0.29, 0.717) is 11.3 Å². The van der Waals surface area contributed by atoms with Gasteiger partial charge in [-0.3, -0.25) is 4.79 Å². The fourth-order valence-electron chi connectivity index (χ4n) is 3.92. The predicted octanol–water partition coefficient (Wildman–Crippen LogP) is 5.24. The van der Waals surface area contributed by atoms with Crippen LogP contribution in [0.3, 0.4) is 0 Å². The number of allylic oxidation sites excluding steroid dienone is 3. The average molecular weight is 343 g/mol. The highest BCUT2D eigenvalue weighted by Crippen LogP contribution is 2.47. The first-order valence-corrected chi connectivity index (χ1v) is 9.98. The van der Waals surface area contributed by atoms with E-state index in [2.05, 4.69) is 35.8 Å². The maximum absolute atomic E-state index is 10.7. The van der Waals surface area contributed by atoms with Crippen molar-refractivity contribution >= 4 is 17.7 Å². The molecule has 0 saturated heterocycles. The Balaban J connectivity index is 1.56. The predicted molar refractivity (Wildman–Crippen MR) is 101 cm³/mol. The number of hydrogen-bond acceptors (Lipinski definition) is 2. The largest absolute Gasteiger partial charge is 0.481 e. The first-order valence-electron chi connectivity index (χ1n) is 8.94. The van der Waals surface area contributed by atoms with Crippen LogP contribution >= 0.6 is 11.8 Å². The summed E-state index contributed by atoms with van der Waals surface area (Å²) >= 11 is 1.96.